The molecule has 0 spiro atoms. The number of hydrogen-bond donors (Lipinski definition) is 0. The van der Waals surface area contributed by atoms with Crippen molar-refractivity contribution in [3.63, 3.8) is 0 Å². The molecule has 0 aromatic rings. The molecular formula is C23H32O5. The van der Waals surface area contributed by atoms with Crippen molar-refractivity contribution in [3.8, 4) is 0 Å². The van der Waals surface area contributed by atoms with Crippen LogP contribution in [0.25, 0.3) is 0 Å². The molecule has 0 heterocycles. The molecule has 0 aromatic carbocycles. The van der Waals surface area contributed by atoms with Gasteiger partial charge in [-0.05, 0) is 68.8 Å². The lowest BCUT2D eigenvalue weighted by molar-refractivity contribution is -0.159. The lowest BCUT2D eigenvalue weighted by Crippen LogP contribution is -2.54. The molecular weight excluding hydrogens is 356 g/mol. The average molecular weight is 389 g/mol. The number of ether oxygens (including phenoxy) is 2. The zero-order chi connectivity index (χ0) is 20.1. The van der Waals surface area contributed by atoms with Gasteiger partial charge in [-0.2, -0.15) is 0 Å². The van der Waals surface area contributed by atoms with E-state index >= 15 is 0 Å². The first-order chi connectivity index (χ1) is 13.3. The Labute approximate surface area is 167 Å². The highest BCUT2D eigenvalue weighted by molar-refractivity contribution is 5.91. The van der Waals surface area contributed by atoms with Crippen LogP contribution in [0, 0.1) is 28.6 Å². The van der Waals surface area contributed by atoms with E-state index < -0.39 is 0 Å². The molecule has 3 saturated carbocycles. The number of carbonyl (C=O) groups excluding carboxylic acids is 3. The first-order valence-electron chi connectivity index (χ1n) is 10.8. The van der Waals surface area contributed by atoms with E-state index in [9.17, 15) is 14.4 Å². The van der Waals surface area contributed by atoms with Crippen molar-refractivity contribution in [1.82, 2.24) is 0 Å². The van der Waals surface area contributed by atoms with Crippen LogP contribution in [0.5, 0.6) is 0 Å². The van der Waals surface area contributed by atoms with E-state index in [0.29, 0.717) is 30.8 Å². The Morgan fingerprint density at radius 2 is 1.82 bits per heavy atom. The predicted molar refractivity (Wildman–Crippen MR) is 103 cm³/mol. The van der Waals surface area contributed by atoms with Crippen molar-refractivity contribution in [3.05, 3.63) is 11.6 Å². The Morgan fingerprint density at radius 3 is 2.54 bits per heavy atom. The number of rotatable bonds is 3. The fourth-order valence-corrected chi connectivity index (χ4v) is 7.21. The summed E-state index contributed by atoms with van der Waals surface area (Å²) in [5.74, 6) is 1.30. The van der Waals surface area contributed by atoms with E-state index in [0.717, 1.165) is 44.9 Å². The third-order valence-electron chi connectivity index (χ3n) is 8.44. The number of hydrogen-bond acceptors (Lipinski definition) is 5. The van der Waals surface area contributed by atoms with E-state index in [1.807, 2.05) is 6.08 Å². The summed E-state index contributed by atoms with van der Waals surface area (Å²) in [6.45, 7) is 5.68. The molecule has 0 aliphatic heterocycles. The summed E-state index contributed by atoms with van der Waals surface area (Å²) < 4.78 is 11.3. The SMILES string of the molecule is CC(=O)OC[C@]12CCC(=O)C=C1CC[C@H]1[C@H]2CC[C@@]2(C)[C@@H](OC(C)=O)CC[C@H]12. The van der Waals surface area contributed by atoms with E-state index in [2.05, 4.69) is 6.92 Å². The van der Waals surface area contributed by atoms with E-state index in [4.69, 9.17) is 9.47 Å². The first kappa shape index (κ1) is 19.7. The number of ketones is 1. The van der Waals surface area contributed by atoms with Gasteiger partial charge in [0.2, 0.25) is 0 Å². The van der Waals surface area contributed by atoms with Crippen molar-refractivity contribution in [2.75, 3.05) is 6.61 Å². The molecule has 0 N–H and O–H groups in total. The lowest BCUT2D eigenvalue weighted by atomic mass is 9.47. The van der Waals surface area contributed by atoms with Gasteiger partial charge in [-0.3, -0.25) is 14.4 Å². The minimum atomic E-state index is -0.246. The third kappa shape index (κ3) is 3.02. The molecule has 28 heavy (non-hydrogen) atoms. The summed E-state index contributed by atoms with van der Waals surface area (Å²) in [7, 11) is 0. The van der Waals surface area contributed by atoms with Crippen LogP contribution in [0.15, 0.2) is 11.6 Å². The molecule has 0 saturated heterocycles. The minimum Gasteiger partial charge on any atom is -0.465 e. The second-order valence-electron chi connectivity index (χ2n) is 9.71. The summed E-state index contributed by atoms with van der Waals surface area (Å²) in [6, 6.07) is 0. The highest BCUT2D eigenvalue weighted by Crippen LogP contribution is 2.65. The molecule has 0 bridgehead atoms. The van der Waals surface area contributed by atoms with Gasteiger partial charge in [0.15, 0.2) is 5.78 Å². The van der Waals surface area contributed by atoms with Gasteiger partial charge in [-0.15, -0.1) is 0 Å². The summed E-state index contributed by atoms with van der Waals surface area (Å²) in [5.41, 5.74) is 1.08. The molecule has 6 atom stereocenters. The van der Waals surface area contributed by atoms with Gasteiger partial charge < -0.3 is 9.47 Å². The second-order valence-corrected chi connectivity index (χ2v) is 9.71. The number of fused-ring (bicyclic) bond motifs is 5. The van der Waals surface area contributed by atoms with Gasteiger partial charge >= 0.3 is 11.9 Å². The van der Waals surface area contributed by atoms with Crippen LogP contribution in [0.3, 0.4) is 0 Å². The van der Waals surface area contributed by atoms with Gasteiger partial charge in [0.25, 0.3) is 0 Å². The molecule has 0 aromatic heterocycles. The summed E-state index contributed by atoms with van der Waals surface area (Å²) in [4.78, 5) is 35.3. The van der Waals surface area contributed by atoms with Crippen LogP contribution in [0.1, 0.15) is 72.1 Å². The molecule has 0 unspecified atom stereocenters. The fourth-order valence-electron chi connectivity index (χ4n) is 7.21. The molecule has 4 aliphatic carbocycles. The summed E-state index contributed by atoms with van der Waals surface area (Å²) in [5, 5.41) is 0. The molecule has 4 aliphatic rings. The number of carbonyl (C=O) groups is 3. The van der Waals surface area contributed by atoms with Gasteiger partial charge in [-0.25, -0.2) is 0 Å². The quantitative estimate of drug-likeness (QED) is 0.684. The largest absolute Gasteiger partial charge is 0.465 e. The van der Waals surface area contributed by atoms with Gasteiger partial charge in [0, 0.05) is 31.1 Å². The first-order valence-corrected chi connectivity index (χ1v) is 10.8. The Kier molecular flexibility index (Phi) is 4.91. The Hall–Kier alpha value is -1.65. The fraction of sp³-hybridized carbons (Fsp3) is 0.783. The third-order valence-corrected chi connectivity index (χ3v) is 8.44. The smallest absolute Gasteiger partial charge is 0.302 e. The normalized spacial score (nSPS) is 42.0. The Balaban J connectivity index is 1.65. The predicted octanol–water partition coefficient (Wildman–Crippen LogP) is 3.99. The van der Waals surface area contributed by atoms with Crippen molar-refractivity contribution in [1.29, 1.82) is 0 Å². The van der Waals surface area contributed by atoms with Crippen molar-refractivity contribution in [2.45, 2.75) is 78.2 Å². The van der Waals surface area contributed by atoms with Crippen molar-refractivity contribution >= 4 is 17.7 Å². The molecule has 0 radical (unpaired) electrons. The second kappa shape index (κ2) is 7.00. The van der Waals surface area contributed by atoms with Crippen molar-refractivity contribution in [2.24, 2.45) is 28.6 Å². The molecule has 5 heteroatoms. The van der Waals surface area contributed by atoms with Crippen LogP contribution in [-0.4, -0.2) is 30.4 Å². The van der Waals surface area contributed by atoms with Crippen molar-refractivity contribution < 1.29 is 23.9 Å². The Bertz CT molecular complexity index is 725. The van der Waals surface area contributed by atoms with E-state index in [1.165, 1.54) is 19.4 Å². The van der Waals surface area contributed by atoms with E-state index in [-0.39, 0.29) is 34.7 Å². The summed E-state index contributed by atoms with van der Waals surface area (Å²) in [6.07, 6.45) is 9.33. The maximum absolute atomic E-state index is 12.1. The van der Waals surface area contributed by atoms with Gasteiger partial charge in [0.1, 0.15) is 12.7 Å². The van der Waals surface area contributed by atoms with E-state index in [1.54, 1.807) is 0 Å². The highest BCUT2D eigenvalue weighted by Gasteiger charge is 2.61. The van der Waals surface area contributed by atoms with Gasteiger partial charge in [-0.1, -0.05) is 12.5 Å². The van der Waals surface area contributed by atoms with Crippen LogP contribution in [-0.2, 0) is 23.9 Å². The standard InChI is InChI=1S/C23H32O5/c1-14(24)27-13-23-11-8-17(26)12-16(23)4-5-18-19-6-7-21(28-15(2)25)22(19,3)10-9-20(18)23/h12,18-21H,4-11,13H2,1-3H3/t18-,19-,20-,21+,22-,23-/m1/s1. The molecule has 4 rings (SSSR count). The maximum atomic E-state index is 12.1. The highest BCUT2D eigenvalue weighted by atomic mass is 16.5. The Morgan fingerprint density at radius 1 is 1.04 bits per heavy atom. The monoisotopic (exact) mass is 388 g/mol. The van der Waals surface area contributed by atoms with Crippen LogP contribution in [0.2, 0.25) is 0 Å². The van der Waals surface area contributed by atoms with Crippen LogP contribution < -0.4 is 0 Å². The number of esters is 2. The zero-order valence-electron chi connectivity index (χ0n) is 17.3. The minimum absolute atomic E-state index is 0.0187. The average Bonchev–Trinajstić information content (AvgIpc) is 2.96. The zero-order valence-corrected chi connectivity index (χ0v) is 17.3. The van der Waals surface area contributed by atoms with Crippen LogP contribution in [0.4, 0.5) is 0 Å². The topological polar surface area (TPSA) is 69.7 Å². The molecule has 154 valence electrons. The summed E-state index contributed by atoms with van der Waals surface area (Å²) >= 11 is 0. The maximum Gasteiger partial charge on any atom is 0.302 e. The molecule has 3 fully saturated rings. The van der Waals surface area contributed by atoms with Crippen LogP contribution >= 0.6 is 0 Å². The van der Waals surface area contributed by atoms with Gasteiger partial charge in [0.05, 0.1) is 0 Å². The lowest BCUT2D eigenvalue weighted by Gasteiger charge is -2.58. The molecule has 5 nitrogen and oxygen atoms in total. The molecule has 0 amide bonds.